The molecule has 1 heterocycles. The van der Waals surface area contributed by atoms with E-state index in [1.165, 1.54) is 0 Å². The highest BCUT2D eigenvalue weighted by Gasteiger charge is 2.38. The number of likely N-dealkylation sites (tertiary alicyclic amines) is 1. The highest BCUT2D eigenvalue weighted by atomic mass is 16.5. The average molecular weight is 215 g/mol. The lowest BCUT2D eigenvalue weighted by Gasteiger charge is -2.32. The van der Waals surface area contributed by atoms with Gasteiger partial charge in [0.15, 0.2) is 0 Å². The molecule has 1 fully saturated rings. The van der Waals surface area contributed by atoms with E-state index in [1.54, 1.807) is 7.11 Å². The Morgan fingerprint density at radius 2 is 2.13 bits per heavy atom. The van der Waals surface area contributed by atoms with E-state index in [0.717, 1.165) is 13.0 Å². The lowest BCUT2D eigenvalue weighted by Crippen LogP contribution is -2.44. The first-order valence-corrected chi connectivity index (χ1v) is 5.50. The van der Waals surface area contributed by atoms with Gasteiger partial charge in [-0.05, 0) is 33.7 Å². The van der Waals surface area contributed by atoms with Gasteiger partial charge in [-0.3, -0.25) is 9.69 Å². The zero-order chi connectivity index (χ0) is 11.6. The van der Waals surface area contributed by atoms with Gasteiger partial charge in [0.2, 0.25) is 0 Å². The van der Waals surface area contributed by atoms with Gasteiger partial charge in [-0.2, -0.15) is 0 Å². The van der Waals surface area contributed by atoms with Gasteiger partial charge in [-0.15, -0.1) is 0 Å². The Kier molecular flexibility index (Phi) is 4.11. The van der Waals surface area contributed by atoms with Crippen LogP contribution in [-0.4, -0.2) is 47.8 Å². The molecule has 0 amide bonds. The maximum atomic E-state index is 11.0. The van der Waals surface area contributed by atoms with Crippen LogP contribution in [0.1, 0.15) is 27.2 Å². The van der Waals surface area contributed by atoms with Gasteiger partial charge in [0.25, 0.3) is 0 Å². The summed E-state index contributed by atoms with van der Waals surface area (Å²) < 4.78 is 5.28. The summed E-state index contributed by atoms with van der Waals surface area (Å²) in [6.07, 6.45) is 0.886. The number of carboxylic acid groups (broad SMARTS) is 1. The maximum absolute atomic E-state index is 11.0. The summed E-state index contributed by atoms with van der Waals surface area (Å²) in [6, 6.07) is 0.379. The molecule has 1 saturated heterocycles. The van der Waals surface area contributed by atoms with Gasteiger partial charge in [-0.25, -0.2) is 0 Å². The Morgan fingerprint density at radius 3 is 2.53 bits per heavy atom. The summed E-state index contributed by atoms with van der Waals surface area (Å²) in [5.74, 6) is -0.904. The number of nitrogens with zero attached hydrogens (tertiary/aromatic N) is 1. The van der Waals surface area contributed by atoms with Crippen molar-refractivity contribution in [3.63, 3.8) is 0 Å². The molecule has 0 aromatic rings. The Bertz CT molecular complexity index is 232. The molecule has 0 aromatic carbocycles. The Morgan fingerprint density at radius 1 is 1.53 bits per heavy atom. The molecule has 0 radical (unpaired) electrons. The van der Waals surface area contributed by atoms with Crippen LogP contribution < -0.4 is 0 Å². The summed E-state index contributed by atoms with van der Waals surface area (Å²) in [6.45, 7) is 6.96. The second kappa shape index (κ2) is 4.94. The molecule has 0 saturated carbocycles. The van der Waals surface area contributed by atoms with E-state index < -0.39 is 5.97 Å². The van der Waals surface area contributed by atoms with Crippen LogP contribution in [0, 0.1) is 5.92 Å². The fourth-order valence-corrected chi connectivity index (χ4v) is 2.34. The van der Waals surface area contributed by atoms with Crippen molar-refractivity contribution in [2.45, 2.75) is 45.4 Å². The van der Waals surface area contributed by atoms with E-state index in [2.05, 4.69) is 11.8 Å². The molecular formula is C11H21NO3. The molecule has 88 valence electrons. The van der Waals surface area contributed by atoms with Crippen LogP contribution in [-0.2, 0) is 9.53 Å². The standard InChI is InChI=1S/C11H21NO3/c1-7(9(3)15-4)12-6-5-10(8(12)2)11(13)14/h7-10H,5-6H2,1-4H3,(H,13,14). The normalized spacial score (nSPS) is 31.5. The van der Waals surface area contributed by atoms with E-state index in [9.17, 15) is 4.79 Å². The van der Waals surface area contributed by atoms with Gasteiger partial charge in [0, 0.05) is 19.2 Å². The second-order valence-corrected chi connectivity index (χ2v) is 4.39. The molecule has 0 aliphatic carbocycles. The summed E-state index contributed by atoms with van der Waals surface area (Å²) in [5, 5.41) is 9.02. The first kappa shape index (κ1) is 12.5. The quantitative estimate of drug-likeness (QED) is 0.765. The molecule has 1 rings (SSSR count). The van der Waals surface area contributed by atoms with Crippen molar-refractivity contribution in [2.75, 3.05) is 13.7 Å². The van der Waals surface area contributed by atoms with E-state index in [0.29, 0.717) is 0 Å². The van der Waals surface area contributed by atoms with E-state index >= 15 is 0 Å². The number of hydrogen-bond acceptors (Lipinski definition) is 3. The topological polar surface area (TPSA) is 49.8 Å². The Labute approximate surface area is 91.2 Å². The fourth-order valence-electron chi connectivity index (χ4n) is 2.34. The molecule has 0 spiro atoms. The summed E-state index contributed by atoms with van der Waals surface area (Å²) >= 11 is 0. The predicted octanol–water partition coefficient (Wildman–Crippen LogP) is 1.20. The van der Waals surface area contributed by atoms with Crippen molar-refractivity contribution in [3.05, 3.63) is 0 Å². The number of aliphatic carboxylic acids is 1. The predicted molar refractivity (Wildman–Crippen MR) is 57.8 cm³/mol. The third kappa shape index (κ3) is 2.49. The molecule has 4 heteroatoms. The number of methoxy groups -OCH3 is 1. The van der Waals surface area contributed by atoms with Crippen molar-refractivity contribution < 1.29 is 14.6 Å². The highest BCUT2D eigenvalue weighted by molar-refractivity contribution is 5.71. The largest absolute Gasteiger partial charge is 0.481 e. The van der Waals surface area contributed by atoms with Crippen molar-refractivity contribution in [1.29, 1.82) is 0 Å². The molecule has 0 bridgehead atoms. The third-order valence-corrected chi connectivity index (χ3v) is 3.70. The first-order valence-electron chi connectivity index (χ1n) is 5.50. The fraction of sp³-hybridized carbons (Fsp3) is 0.909. The van der Waals surface area contributed by atoms with Crippen LogP contribution in [0.15, 0.2) is 0 Å². The number of carbonyl (C=O) groups is 1. The van der Waals surface area contributed by atoms with Crippen LogP contribution in [0.4, 0.5) is 0 Å². The summed E-state index contributed by atoms with van der Waals surface area (Å²) in [7, 11) is 1.69. The molecule has 15 heavy (non-hydrogen) atoms. The number of ether oxygens (including phenoxy) is 1. The minimum absolute atomic E-state index is 0.107. The van der Waals surface area contributed by atoms with Crippen LogP contribution in [0.3, 0.4) is 0 Å². The van der Waals surface area contributed by atoms with Gasteiger partial charge >= 0.3 is 5.97 Å². The summed E-state index contributed by atoms with van der Waals surface area (Å²) in [5.41, 5.74) is 0. The Hall–Kier alpha value is -0.610. The number of rotatable bonds is 4. The second-order valence-electron chi connectivity index (χ2n) is 4.39. The average Bonchev–Trinajstić information content (AvgIpc) is 2.57. The monoisotopic (exact) mass is 215 g/mol. The summed E-state index contributed by atoms with van der Waals surface area (Å²) in [4.78, 5) is 13.2. The lowest BCUT2D eigenvalue weighted by atomic mass is 10.0. The molecule has 4 nitrogen and oxygen atoms in total. The van der Waals surface area contributed by atoms with Crippen molar-refractivity contribution >= 4 is 5.97 Å². The van der Waals surface area contributed by atoms with Gasteiger partial charge in [0.1, 0.15) is 0 Å². The molecule has 4 atom stereocenters. The zero-order valence-electron chi connectivity index (χ0n) is 9.93. The van der Waals surface area contributed by atoms with Gasteiger partial charge < -0.3 is 9.84 Å². The van der Waals surface area contributed by atoms with E-state index in [1.807, 2.05) is 13.8 Å². The van der Waals surface area contributed by atoms with Gasteiger partial charge in [-0.1, -0.05) is 0 Å². The van der Waals surface area contributed by atoms with Crippen molar-refractivity contribution in [3.8, 4) is 0 Å². The van der Waals surface area contributed by atoms with E-state index in [-0.39, 0.29) is 24.1 Å². The number of hydrogen-bond donors (Lipinski definition) is 1. The van der Waals surface area contributed by atoms with Crippen LogP contribution in [0.2, 0.25) is 0 Å². The lowest BCUT2D eigenvalue weighted by molar-refractivity contribution is -0.142. The number of carboxylic acids is 1. The maximum Gasteiger partial charge on any atom is 0.308 e. The van der Waals surface area contributed by atoms with Crippen molar-refractivity contribution in [2.24, 2.45) is 5.92 Å². The van der Waals surface area contributed by atoms with E-state index in [4.69, 9.17) is 9.84 Å². The van der Waals surface area contributed by atoms with Gasteiger partial charge in [0.05, 0.1) is 12.0 Å². The van der Waals surface area contributed by atoms with Crippen molar-refractivity contribution in [1.82, 2.24) is 4.90 Å². The SMILES string of the molecule is COC(C)C(C)N1CCC(C(=O)O)C1C. The Balaban J connectivity index is 2.62. The minimum Gasteiger partial charge on any atom is -0.481 e. The zero-order valence-corrected chi connectivity index (χ0v) is 9.93. The first-order chi connectivity index (χ1) is 6.99. The van der Waals surface area contributed by atoms with Crippen LogP contribution in [0.25, 0.3) is 0 Å². The molecule has 1 aliphatic rings. The molecule has 1 aliphatic heterocycles. The van der Waals surface area contributed by atoms with Crippen LogP contribution in [0.5, 0.6) is 0 Å². The molecular weight excluding hydrogens is 194 g/mol. The minimum atomic E-state index is -0.678. The highest BCUT2D eigenvalue weighted by Crippen LogP contribution is 2.27. The van der Waals surface area contributed by atoms with Crippen LogP contribution >= 0.6 is 0 Å². The molecule has 1 N–H and O–H groups in total. The molecule has 4 unspecified atom stereocenters. The smallest absolute Gasteiger partial charge is 0.308 e. The third-order valence-electron chi connectivity index (χ3n) is 3.70. The molecule has 0 aromatic heterocycles.